The fraction of sp³-hybridized carbons (Fsp3) is 0.231. The lowest BCUT2D eigenvalue weighted by molar-refractivity contribution is 0.445. The molecule has 2 heterocycles. The van der Waals surface area contributed by atoms with E-state index in [1.807, 2.05) is 31.3 Å². The standard InChI is InChI=1S/C13H15N3O/c1-10(14-2)12-6-4-8-16-13(12)17-11-5-3-7-15-9-11/h3-10,14H,1-2H3. The highest BCUT2D eigenvalue weighted by atomic mass is 16.5. The Bertz CT molecular complexity index is 473. The SMILES string of the molecule is CNC(C)c1cccnc1Oc1cccnc1. The van der Waals surface area contributed by atoms with Gasteiger partial charge in [0, 0.05) is 24.0 Å². The number of ether oxygens (including phenoxy) is 1. The van der Waals surface area contributed by atoms with Crippen LogP contribution in [0.5, 0.6) is 11.6 Å². The van der Waals surface area contributed by atoms with Gasteiger partial charge in [-0.2, -0.15) is 0 Å². The van der Waals surface area contributed by atoms with E-state index >= 15 is 0 Å². The molecular weight excluding hydrogens is 214 g/mol. The van der Waals surface area contributed by atoms with Crippen LogP contribution in [0, 0.1) is 0 Å². The molecule has 0 aliphatic carbocycles. The molecule has 0 saturated heterocycles. The molecule has 2 aromatic rings. The zero-order valence-corrected chi connectivity index (χ0v) is 9.92. The second-order valence-electron chi connectivity index (χ2n) is 3.70. The summed E-state index contributed by atoms with van der Waals surface area (Å²) in [4.78, 5) is 8.26. The van der Waals surface area contributed by atoms with Crippen LogP contribution < -0.4 is 10.1 Å². The summed E-state index contributed by atoms with van der Waals surface area (Å²) in [6.07, 6.45) is 5.10. The van der Waals surface area contributed by atoms with Gasteiger partial charge in [-0.1, -0.05) is 6.07 Å². The third kappa shape index (κ3) is 2.79. The van der Waals surface area contributed by atoms with Crippen molar-refractivity contribution in [3.05, 3.63) is 48.4 Å². The Morgan fingerprint density at radius 1 is 1.24 bits per heavy atom. The summed E-state index contributed by atoms with van der Waals surface area (Å²) in [6, 6.07) is 7.78. The Morgan fingerprint density at radius 2 is 2.06 bits per heavy atom. The molecule has 4 heteroatoms. The Labute approximate surface area is 101 Å². The fourth-order valence-corrected chi connectivity index (χ4v) is 1.49. The van der Waals surface area contributed by atoms with Gasteiger partial charge in [0.15, 0.2) is 0 Å². The molecule has 0 aromatic carbocycles. The van der Waals surface area contributed by atoms with Crippen LogP contribution in [0.3, 0.4) is 0 Å². The minimum atomic E-state index is 0.190. The highest BCUT2D eigenvalue weighted by molar-refractivity contribution is 5.32. The summed E-state index contributed by atoms with van der Waals surface area (Å²) < 4.78 is 5.72. The van der Waals surface area contributed by atoms with Gasteiger partial charge >= 0.3 is 0 Å². The molecule has 0 aliphatic heterocycles. The van der Waals surface area contributed by atoms with Gasteiger partial charge < -0.3 is 10.1 Å². The predicted molar refractivity (Wildman–Crippen MR) is 66.0 cm³/mol. The monoisotopic (exact) mass is 229 g/mol. The second-order valence-corrected chi connectivity index (χ2v) is 3.70. The number of hydrogen-bond acceptors (Lipinski definition) is 4. The first-order valence-corrected chi connectivity index (χ1v) is 5.51. The molecule has 4 nitrogen and oxygen atoms in total. The normalized spacial score (nSPS) is 12.1. The molecule has 17 heavy (non-hydrogen) atoms. The Morgan fingerprint density at radius 3 is 2.76 bits per heavy atom. The Balaban J connectivity index is 2.27. The molecule has 0 amide bonds. The zero-order chi connectivity index (χ0) is 12.1. The van der Waals surface area contributed by atoms with Gasteiger partial charge in [-0.3, -0.25) is 4.98 Å². The molecular formula is C13H15N3O. The van der Waals surface area contributed by atoms with Crippen LogP contribution in [-0.4, -0.2) is 17.0 Å². The molecule has 0 aliphatic rings. The van der Waals surface area contributed by atoms with Crippen LogP contribution in [0.15, 0.2) is 42.9 Å². The van der Waals surface area contributed by atoms with Crippen LogP contribution in [0.4, 0.5) is 0 Å². The summed E-state index contributed by atoms with van der Waals surface area (Å²) in [5.41, 5.74) is 1.03. The van der Waals surface area contributed by atoms with Crippen molar-refractivity contribution in [1.29, 1.82) is 0 Å². The summed E-state index contributed by atoms with van der Waals surface area (Å²) in [5.74, 6) is 1.30. The average Bonchev–Trinajstić information content (AvgIpc) is 2.40. The number of rotatable bonds is 4. The van der Waals surface area contributed by atoms with Crippen LogP contribution in [-0.2, 0) is 0 Å². The molecule has 1 atom stereocenters. The van der Waals surface area contributed by atoms with Crippen molar-refractivity contribution in [2.75, 3.05) is 7.05 Å². The molecule has 1 N–H and O–H groups in total. The van der Waals surface area contributed by atoms with E-state index in [-0.39, 0.29) is 6.04 Å². The molecule has 0 bridgehead atoms. The van der Waals surface area contributed by atoms with Crippen LogP contribution in [0.25, 0.3) is 0 Å². The maximum Gasteiger partial charge on any atom is 0.224 e. The molecule has 2 aromatic heterocycles. The second kappa shape index (κ2) is 5.41. The van der Waals surface area contributed by atoms with E-state index in [1.165, 1.54) is 0 Å². The van der Waals surface area contributed by atoms with Crippen molar-refractivity contribution in [3.63, 3.8) is 0 Å². The summed E-state index contributed by atoms with van der Waals surface area (Å²) in [6.45, 7) is 2.06. The van der Waals surface area contributed by atoms with Crippen molar-refractivity contribution >= 4 is 0 Å². The largest absolute Gasteiger partial charge is 0.437 e. The first-order chi connectivity index (χ1) is 8.31. The first-order valence-electron chi connectivity index (χ1n) is 5.51. The molecule has 2 rings (SSSR count). The highest BCUT2D eigenvalue weighted by Gasteiger charge is 2.11. The highest BCUT2D eigenvalue weighted by Crippen LogP contribution is 2.26. The number of hydrogen-bond donors (Lipinski definition) is 1. The smallest absolute Gasteiger partial charge is 0.224 e. The molecule has 88 valence electrons. The minimum Gasteiger partial charge on any atom is -0.437 e. The molecule has 0 spiro atoms. The number of nitrogens with one attached hydrogen (secondary N) is 1. The van der Waals surface area contributed by atoms with Crippen molar-refractivity contribution in [1.82, 2.24) is 15.3 Å². The van der Waals surface area contributed by atoms with E-state index in [1.54, 1.807) is 18.6 Å². The molecule has 1 unspecified atom stereocenters. The van der Waals surface area contributed by atoms with E-state index < -0.39 is 0 Å². The van der Waals surface area contributed by atoms with Gasteiger partial charge in [-0.15, -0.1) is 0 Å². The molecule has 0 fully saturated rings. The number of nitrogens with zero attached hydrogens (tertiary/aromatic N) is 2. The third-order valence-corrected chi connectivity index (χ3v) is 2.55. The predicted octanol–water partition coefficient (Wildman–Crippen LogP) is 2.55. The van der Waals surface area contributed by atoms with Crippen LogP contribution in [0.1, 0.15) is 18.5 Å². The fourth-order valence-electron chi connectivity index (χ4n) is 1.49. The lowest BCUT2D eigenvalue weighted by Gasteiger charge is -2.14. The van der Waals surface area contributed by atoms with Crippen LogP contribution in [0.2, 0.25) is 0 Å². The number of pyridine rings is 2. The van der Waals surface area contributed by atoms with E-state index in [2.05, 4.69) is 22.2 Å². The van der Waals surface area contributed by atoms with Crippen molar-refractivity contribution in [2.24, 2.45) is 0 Å². The van der Waals surface area contributed by atoms with Gasteiger partial charge in [-0.05, 0) is 32.2 Å². The van der Waals surface area contributed by atoms with Crippen molar-refractivity contribution in [2.45, 2.75) is 13.0 Å². The maximum atomic E-state index is 5.72. The van der Waals surface area contributed by atoms with Crippen LogP contribution >= 0.6 is 0 Å². The Kier molecular flexibility index (Phi) is 3.67. The van der Waals surface area contributed by atoms with E-state index in [4.69, 9.17) is 4.74 Å². The Hall–Kier alpha value is -1.94. The van der Waals surface area contributed by atoms with Gasteiger partial charge in [0.05, 0.1) is 6.20 Å². The average molecular weight is 229 g/mol. The van der Waals surface area contributed by atoms with Gasteiger partial charge in [-0.25, -0.2) is 4.98 Å². The summed E-state index contributed by atoms with van der Waals surface area (Å²) >= 11 is 0. The topological polar surface area (TPSA) is 47.0 Å². The van der Waals surface area contributed by atoms with E-state index in [0.717, 1.165) is 5.56 Å². The molecule has 0 saturated carbocycles. The maximum absolute atomic E-state index is 5.72. The third-order valence-electron chi connectivity index (χ3n) is 2.55. The van der Waals surface area contributed by atoms with Gasteiger partial charge in [0.25, 0.3) is 0 Å². The van der Waals surface area contributed by atoms with Gasteiger partial charge in [0.2, 0.25) is 5.88 Å². The first kappa shape index (κ1) is 11.5. The quantitative estimate of drug-likeness (QED) is 0.875. The van der Waals surface area contributed by atoms with E-state index in [9.17, 15) is 0 Å². The van der Waals surface area contributed by atoms with Gasteiger partial charge in [0.1, 0.15) is 5.75 Å². The lowest BCUT2D eigenvalue weighted by atomic mass is 10.1. The van der Waals surface area contributed by atoms with Crippen molar-refractivity contribution < 1.29 is 4.74 Å². The number of aromatic nitrogens is 2. The summed E-state index contributed by atoms with van der Waals surface area (Å²) in [7, 11) is 1.91. The lowest BCUT2D eigenvalue weighted by Crippen LogP contribution is -2.13. The zero-order valence-electron chi connectivity index (χ0n) is 9.92. The van der Waals surface area contributed by atoms with E-state index in [0.29, 0.717) is 11.6 Å². The minimum absolute atomic E-state index is 0.190. The summed E-state index contributed by atoms with van der Waals surface area (Å²) in [5, 5.41) is 3.17. The van der Waals surface area contributed by atoms with Crippen molar-refractivity contribution in [3.8, 4) is 11.6 Å². The molecule has 0 radical (unpaired) electrons.